The highest BCUT2D eigenvalue weighted by Gasteiger charge is 2.21. The van der Waals surface area contributed by atoms with Crippen LogP contribution in [-0.2, 0) is 0 Å². The summed E-state index contributed by atoms with van der Waals surface area (Å²) in [5.74, 6) is 0.433. The van der Waals surface area contributed by atoms with Gasteiger partial charge in [-0.25, -0.2) is 9.37 Å². The van der Waals surface area contributed by atoms with Crippen molar-refractivity contribution in [2.24, 2.45) is 0 Å². The summed E-state index contributed by atoms with van der Waals surface area (Å²) in [6, 6.07) is 8.03. The van der Waals surface area contributed by atoms with Crippen molar-refractivity contribution in [2.75, 3.05) is 5.32 Å². The van der Waals surface area contributed by atoms with Crippen molar-refractivity contribution in [2.45, 2.75) is 27.7 Å². The Labute approximate surface area is 160 Å². The third-order valence-corrected chi connectivity index (χ3v) is 4.55. The molecule has 0 aliphatic heterocycles. The van der Waals surface area contributed by atoms with Crippen molar-refractivity contribution < 1.29 is 18.1 Å². The van der Waals surface area contributed by atoms with Gasteiger partial charge in [0.1, 0.15) is 17.3 Å². The molecule has 0 aliphatic carbocycles. The van der Waals surface area contributed by atoms with Gasteiger partial charge in [-0.15, -0.1) is 0 Å². The van der Waals surface area contributed by atoms with E-state index < -0.39 is 11.7 Å². The molecule has 0 saturated carbocycles. The van der Waals surface area contributed by atoms with E-state index in [9.17, 15) is 9.18 Å². The molecule has 28 heavy (non-hydrogen) atoms. The molecule has 3 heterocycles. The van der Waals surface area contributed by atoms with E-state index in [2.05, 4.69) is 15.5 Å². The largest absolute Gasteiger partial charge is 0.466 e. The second-order valence-corrected chi connectivity index (χ2v) is 6.77. The molecule has 7 heteroatoms. The van der Waals surface area contributed by atoms with Crippen LogP contribution in [0.4, 0.5) is 10.1 Å². The summed E-state index contributed by atoms with van der Waals surface area (Å²) in [6.45, 7) is 7.21. The highest BCUT2D eigenvalue weighted by Crippen LogP contribution is 2.31. The molecule has 6 nitrogen and oxygen atoms in total. The Morgan fingerprint density at radius 1 is 1.11 bits per heavy atom. The van der Waals surface area contributed by atoms with Crippen molar-refractivity contribution >= 4 is 22.7 Å². The first kappa shape index (κ1) is 17.9. The average Bonchev–Trinajstić information content (AvgIpc) is 3.19. The fraction of sp³-hybridized carbons (Fsp3) is 0.190. The maximum Gasteiger partial charge on any atom is 0.259 e. The Bertz CT molecular complexity index is 1220. The van der Waals surface area contributed by atoms with Crippen LogP contribution in [0.1, 0.15) is 33.1 Å². The maximum atomic E-state index is 14.1. The van der Waals surface area contributed by atoms with Crippen LogP contribution in [0.3, 0.4) is 0 Å². The SMILES string of the molecule is Cc1ccc(F)c(NC(=O)c2cc(-c3cc(C)oc3C)nc3onc(C)c23)c1. The van der Waals surface area contributed by atoms with Crippen molar-refractivity contribution in [1.29, 1.82) is 0 Å². The second kappa shape index (κ2) is 6.60. The second-order valence-electron chi connectivity index (χ2n) is 6.77. The molecule has 0 spiro atoms. The lowest BCUT2D eigenvalue weighted by Gasteiger charge is -2.09. The van der Waals surface area contributed by atoms with Crippen molar-refractivity contribution in [3.8, 4) is 11.3 Å². The third kappa shape index (κ3) is 3.05. The van der Waals surface area contributed by atoms with E-state index in [4.69, 9.17) is 8.94 Å². The topological polar surface area (TPSA) is 81.2 Å². The fourth-order valence-electron chi connectivity index (χ4n) is 3.22. The van der Waals surface area contributed by atoms with Gasteiger partial charge in [-0.05, 0) is 57.5 Å². The van der Waals surface area contributed by atoms with Gasteiger partial charge in [-0.1, -0.05) is 11.2 Å². The van der Waals surface area contributed by atoms with E-state index in [1.54, 1.807) is 25.1 Å². The van der Waals surface area contributed by atoms with Gasteiger partial charge in [0.05, 0.1) is 28.0 Å². The van der Waals surface area contributed by atoms with Crippen molar-refractivity contribution in [1.82, 2.24) is 10.1 Å². The highest BCUT2D eigenvalue weighted by molar-refractivity contribution is 6.13. The summed E-state index contributed by atoms with van der Waals surface area (Å²) in [5, 5.41) is 7.06. The van der Waals surface area contributed by atoms with Gasteiger partial charge in [0.25, 0.3) is 11.6 Å². The smallest absolute Gasteiger partial charge is 0.259 e. The van der Waals surface area contributed by atoms with E-state index in [0.717, 1.165) is 16.9 Å². The molecule has 4 rings (SSSR count). The number of furan rings is 1. The van der Waals surface area contributed by atoms with Crippen LogP contribution in [0.2, 0.25) is 0 Å². The Kier molecular flexibility index (Phi) is 4.22. The monoisotopic (exact) mass is 379 g/mol. The van der Waals surface area contributed by atoms with E-state index in [1.807, 2.05) is 26.8 Å². The van der Waals surface area contributed by atoms with Gasteiger partial charge < -0.3 is 14.3 Å². The van der Waals surface area contributed by atoms with Gasteiger partial charge in [0.2, 0.25) is 0 Å². The lowest BCUT2D eigenvalue weighted by molar-refractivity contribution is 0.102. The summed E-state index contributed by atoms with van der Waals surface area (Å²) in [4.78, 5) is 17.5. The molecule has 1 aromatic carbocycles. The predicted molar refractivity (Wildman–Crippen MR) is 103 cm³/mol. The molecule has 3 aromatic heterocycles. The number of carbonyl (C=O) groups is 1. The molecule has 0 aliphatic rings. The summed E-state index contributed by atoms with van der Waals surface area (Å²) in [7, 11) is 0. The molecule has 0 atom stereocenters. The van der Waals surface area contributed by atoms with Gasteiger partial charge in [0, 0.05) is 5.56 Å². The van der Waals surface area contributed by atoms with Gasteiger partial charge in [0.15, 0.2) is 0 Å². The van der Waals surface area contributed by atoms with Crippen LogP contribution < -0.4 is 5.32 Å². The number of aromatic nitrogens is 2. The normalized spacial score (nSPS) is 11.2. The number of hydrogen-bond donors (Lipinski definition) is 1. The third-order valence-electron chi connectivity index (χ3n) is 4.55. The number of carbonyl (C=O) groups excluding carboxylic acids is 1. The Morgan fingerprint density at radius 2 is 1.89 bits per heavy atom. The summed E-state index contributed by atoms with van der Waals surface area (Å²) in [5.41, 5.74) is 3.30. The maximum absolute atomic E-state index is 14.1. The fourth-order valence-corrected chi connectivity index (χ4v) is 3.22. The Balaban J connectivity index is 1.85. The Hall–Kier alpha value is -3.48. The number of amides is 1. The van der Waals surface area contributed by atoms with E-state index in [0.29, 0.717) is 28.1 Å². The minimum absolute atomic E-state index is 0.112. The zero-order valence-electron chi connectivity index (χ0n) is 15.9. The molecule has 1 N–H and O–H groups in total. The summed E-state index contributed by atoms with van der Waals surface area (Å²) >= 11 is 0. The molecule has 142 valence electrons. The molecule has 0 radical (unpaired) electrons. The molecule has 0 saturated heterocycles. The number of aryl methyl sites for hydroxylation is 4. The molecule has 0 bridgehead atoms. The lowest BCUT2D eigenvalue weighted by Crippen LogP contribution is -2.14. The quantitative estimate of drug-likeness (QED) is 0.535. The number of fused-ring (bicyclic) bond motifs is 1. The molecular weight excluding hydrogens is 361 g/mol. The number of pyridine rings is 1. The summed E-state index contributed by atoms with van der Waals surface area (Å²) < 4.78 is 25.0. The standard InChI is InChI=1S/C21H18FN3O3/c1-10-5-6-16(22)18(7-10)23-20(26)15-9-17(14-8-11(2)27-13(14)4)24-21-19(15)12(3)25-28-21/h5-9H,1-4H3,(H,23,26). The Morgan fingerprint density at radius 3 is 2.61 bits per heavy atom. The lowest BCUT2D eigenvalue weighted by atomic mass is 10.1. The van der Waals surface area contributed by atoms with Crippen LogP contribution in [0.15, 0.2) is 39.3 Å². The van der Waals surface area contributed by atoms with Crippen LogP contribution >= 0.6 is 0 Å². The average molecular weight is 379 g/mol. The van der Waals surface area contributed by atoms with E-state index in [-0.39, 0.29) is 11.4 Å². The number of nitrogens with one attached hydrogen (secondary N) is 1. The summed E-state index contributed by atoms with van der Waals surface area (Å²) in [6.07, 6.45) is 0. The molecule has 1 amide bonds. The predicted octanol–water partition coefficient (Wildman–Crippen LogP) is 5.11. The molecule has 0 unspecified atom stereocenters. The van der Waals surface area contributed by atoms with Crippen molar-refractivity contribution in [3.05, 3.63) is 64.5 Å². The van der Waals surface area contributed by atoms with Crippen LogP contribution in [0, 0.1) is 33.5 Å². The highest BCUT2D eigenvalue weighted by atomic mass is 19.1. The van der Waals surface area contributed by atoms with E-state index in [1.165, 1.54) is 6.07 Å². The van der Waals surface area contributed by atoms with E-state index >= 15 is 0 Å². The van der Waals surface area contributed by atoms with Crippen LogP contribution in [0.25, 0.3) is 22.4 Å². The molecular formula is C21H18FN3O3. The van der Waals surface area contributed by atoms with Crippen molar-refractivity contribution in [3.63, 3.8) is 0 Å². The first-order valence-electron chi connectivity index (χ1n) is 8.75. The number of rotatable bonds is 3. The zero-order valence-corrected chi connectivity index (χ0v) is 15.9. The van der Waals surface area contributed by atoms with Gasteiger partial charge >= 0.3 is 0 Å². The first-order chi connectivity index (χ1) is 13.3. The molecule has 0 fully saturated rings. The number of anilines is 1. The number of halogens is 1. The van der Waals surface area contributed by atoms with Gasteiger partial charge in [-0.2, -0.15) is 0 Å². The zero-order chi connectivity index (χ0) is 20.0. The number of hydrogen-bond acceptors (Lipinski definition) is 5. The van der Waals surface area contributed by atoms with Crippen LogP contribution in [-0.4, -0.2) is 16.0 Å². The molecule has 4 aromatic rings. The van der Waals surface area contributed by atoms with Gasteiger partial charge in [-0.3, -0.25) is 4.79 Å². The number of nitrogens with zero attached hydrogens (tertiary/aromatic N) is 2. The minimum Gasteiger partial charge on any atom is -0.466 e. The van der Waals surface area contributed by atoms with Crippen LogP contribution in [0.5, 0.6) is 0 Å². The minimum atomic E-state index is -0.507. The first-order valence-corrected chi connectivity index (χ1v) is 8.75. The number of benzene rings is 1.